The molecule has 100 valence electrons. The van der Waals surface area contributed by atoms with Crippen LogP contribution in [0.4, 0.5) is 0 Å². The van der Waals surface area contributed by atoms with Crippen LogP contribution >= 0.6 is 0 Å². The molecule has 4 nitrogen and oxygen atoms in total. The van der Waals surface area contributed by atoms with E-state index in [4.69, 9.17) is 10.5 Å². The van der Waals surface area contributed by atoms with Gasteiger partial charge in [0.2, 0.25) is 5.91 Å². The van der Waals surface area contributed by atoms with Crippen molar-refractivity contribution < 1.29 is 9.53 Å². The lowest BCUT2D eigenvalue weighted by Gasteiger charge is -2.32. The van der Waals surface area contributed by atoms with Crippen molar-refractivity contribution in [3.63, 3.8) is 0 Å². The molecule has 1 aliphatic rings. The highest BCUT2D eigenvalue weighted by Gasteiger charge is 2.27. The molecule has 1 saturated carbocycles. The monoisotopic (exact) mass is 242 g/mol. The highest BCUT2D eigenvalue weighted by Crippen LogP contribution is 2.24. The van der Waals surface area contributed by atoms with Crippen LogP contribution in [0, 0.1) is 5.92 Å². The van der Waals surface area contributed by atoms with E-state index in [0.717, 1.165) is 12.8 Å². The van der Waals surface area contributed by atoms with Gasteiger partial charge in [0.05, 0.1) is 12.0 Å². The molecule has 1 fully saturated rings. The fraction of sp³-hybridized carbons (Fsp3) is 0.923. The van der Waals surface area contributed by atoms with Crippen LogP contribution in [0.2, 0.25) is 0 Å². The van der Waals surface area contributed by atoms with Gasteiger partial charge in [0.15, 0.2) is 0 Å². The predicted molar refractivity (Wildman–Crippen MR) is 68.6 cm³/mol. The van der Waals surface area contributed by atoms with E-state index in [1.165, 1.54) is 12.8 Å². The second kappa shape index (κ2) is 6.36. The minimum Gasteiger partial charge on any atom is -0.378 e. The number of nitrogens with one attached hydrogen (secondary N) is 1. The average Bonchev–Trinajstić information content (AvgIpc) is 2.29. The molecule has 3 N–H and O–H groups in total. The molecule has 17 heavy (non-hydrogen) atoms. The average molecular weight is 242 g/mol. The van der Waals surface area contributed by atoms with Gasteiger partial charge in [-0.15, -0.1) is 0 Å². The second-order valence-corrected chi connectivity index (χ2v) is 5.59. The summed E-state index contributed by atoms with van der Waals surface area (Å²) in [5.74, 6) is 0.514. The molecule has 1 amide bonds. The number of ether oxygens (including phenoxy) is 1. The Balaban J connectivity index is 2.44. The molecule has 1 aliphatic carbocycles. The Bertz CT molecular complexity index is 254. The van der Waals surface area contributed by atoms with Crippen LogP contribution in [-0.2, 0) is 9.53 Å². The van der Waals surface area contributed by atoms with Crippen LogP contribution < -0.4 is 11.1 Å². The lowest BCUT2D eigenvalue weighted by atomic mass is 9.84. The minimum absolute atomic E-state index is 0.0715. The Morgan fingerprint density at radius 2 is 2.06 bits per heavy atom. The van der Waals surface area contributed by atoms with Gasteiger partial charge in [-0.2, -0.15) is 0 Å². The quantitative estimate of drug-likeness (QED) is 0.766. The van der Waals surface area contributed by atoms with Crippen molar-refractivity contribution in [1.29, 1.82) is 0 Å². The maximum Gasteiger partial charge on any atom is 0.223 e. The van der Waals surface area contributed by atoms with E-state index in [1.54, 1.807) is 7.11 Å². The fourth-order valence-electron chi connectivity index (χ4n) is 2.40. The van der Waals surface area contributed by atoms with Crippen LogP contribution in [0.5, 0.6) is 0 Å². The highest BCUT2D eigenvalue weighted by atomic mass is 16.5. The van der Waals surface area contributed by atoms with E-state index in [1.807, 2.05) is 13.8 Å². The molecule has 2 unspecified atom stereocenters. The third-order valence-electron chi connectivity index (χ3n) is 3.70. The van der Waals surface area contributed by atoms with Gasteiger partial charge in [-0.25, -0.2) is 0 Å². The second-order valence-electron chi connectivity index (χ2n) is 5.59. The molecule has 0 aliphatic heterocycles. The Kier molecular flexibility index (Phi) is 5.40. The summed E-state index contributed by atoms with van der Waals surface area (Å²) in [7, 11) is 1.64. The van der Waals surface area contributed by atoms with Crippen LogP contribution in [0.15, 0.2) is 0 Å². The summed E-state index contributed by atoms with van der Waals surface area (Å²) in [5.41, 5.74) is 5.35. The molecule has 0 aromatic heterocycles. The number of carbonyl (C=O) groups excluding carboxylic acids is 1. The molecule has 1 rings (SSSR count). The molecule has 2 atom stereocenters. The first-order chi connectivity index (χ1) is 7.98. The van der Waals surface area contributed by atoms with Crippen molar-refractivity contribution >= 4 is 5.91 Å². The summed E-state index contributed by atoms with van der Waals surface area (Å²) in [6, 6.07) is 0.258. The standard InChI is InChI=1S/C13H26N2O2/c1-13(2,17-3)8-12(16)15-11-7-5-4-6-10(11)9-14/h10-11H,4-9,14H2,1-3H3,(H,15,16). The first-order valence-electron chi connectivity index (χ1n) is 6.53. The van der Waals surface area contributed by atoms with Crippen molar-refractivity contribution in [2.75, 3.05) is 13.7 Å². The topological polar surface area (TPSA) is 64.3 Å². The largest absolute Gasteiger partial charge is 0.378 e. The van der Waals surface area contributed by atoms with Gasteiger partial charge < -0.3 is 15.8 Å². The van der Waals surface area contributed by atoms with E-state index < -0.39 is 5.60 Å². The molecule has 0 heterocycles. The zero-order valence-corrected chi connectivity index (χ0v) is 11.3. The van der Waals surface area contributed by atoms with E-state index in [0.29, 0.717) is 18.9 Å². The summed E-state index contributed by atoms with van der Waals surface area (Å²) in [6.45, 7) is 4.51. The smallest absolute Gasteiger partial charge is 0.223 e. The Labute approximate surface area is 104 Å². The van der Waals surface area contributed by atoms with Crippen molar-refractivity contribution in [2.45, 2.75) is 57.6 Å². The molecule has 4 heteroatoms. The number of hydrogen-bond acceptors (Lipinski definition) is 3. The van der Waals surface area contributed by atoms with Gasteiger partial charge in [-0.05, 0) is 39.2 Å². The minimum atomic E-state index is -0.392. The normalized spacial score (nSPS) is 25.6. The van der Waals surface area contributed by atoms with E-state index in [-0.39, 0.29) is 11.9 Å². The molecule has 0 bridgehead atoms. The van der Waals surface area contributed by atoms with E-state index in [2.05, 4.69) is 5.32 Å². The third-order valence-corrected chi connectivity index (χ3v) is 3.70. The summed E-state index contributed by atoms with van der Waals surface area (Å²) in [4.78, 5) is 11.9. The Morgan fingerprint density at radius 1 is 1.41 bits per heavy atom. The summed E-state index contributed by atoms with van der Waals surface area (Å²) >= 11 is 0. The van der Waals surface area contributed by atoms with Gasteiger partial charge in [-0.3, -0.25) is 4.79 Å². The van der Waals surface area contributed by atoms with E-state index in [9.17, 15) is 4.79 Å². The van der Waals surface area contributed by atoms with Crippen LogP contribution in [0.25, 0.3) is 0 Å². The van der Waals surface area contributed by atoms with Gasteiger partial charge in [-0.1, -0.05) is 12.8 Å². The van der Waals surface area contributed by atoms with Crippen LogP contribution in [0.3, 0.4) is 0 Å². The van der Waals surface area contributed by atoms with Crippen molar-refractivity contribution in [2.24, 2.45) is 11.7 Å². The van der Waals surface area contributed by atoms with Gasteiger partial charge in [0, 0.05) is 13.2 Å². The van der Waals surface area contributed by atoms with Crippen LogP contribution in [0.1, 0.15) is 46.0 Å². The maximum atomic E-state index is 11.9. The zero-order valence-electron chi connectivity index (χ0n) is 11.3. The van der Waals surface area contributed by atoms with Gasteiger partial charge in [0.1, 0.15) is 0 Å². The van der Waals surface area contributed by atoms with Gasteiger partial charge in [0.25, 0.3) is 0 Å². The summed E-state index contributed by atoms with van der Waals surface area (Å²) in [5, 5.41) is 3.11. The predicted octanol–water partition coefficient (Wildman–Crippen LogP) is 1.44. The van der Waals surface area contributed by atoms with Crippen molar-refractivity contribution in [3.8, 4) is 0 Å². The first-order valence-corrected chi connectivity index (χ1v) is 6.53. The molecule has 0 aromatic carbocycles. The Morgan fingerprint density at radius 3 is 2.65 bits per heavy atom. The van der Waals surface area contributed by atoms with Crippen molar-refractivity contribution in [1.82, 2.24) is 5.32 Å². The number of hydrogen-bond donors (Lipinski definition) is 2. The third kappa shape index (κ3) is 4.64. The van der Waals surface area contributed by atoms with Crippen molar-refractivity contribution in [3.05, 3.63) is 0 Å². The number of methoxy groups -OCH3 is 1. The zero-order chi connectivity index (χ0) is 12.9. The number of amides is 1. The maximum absolute atomic E-state index is 11.9. The number of nitrogens with two attached hydrogens (primary N) is 1. The molecule has 0 saturated heterocycles. The summed E-state index contributed by atoms with van der Waals surface area (Å²) in [6.07, 6.45) is 5.01. The Hall–Kier alpha value is -0.610. The van der Waals surface area contributed by atoms with E-state index >= 15 is 0 Å². The first kappa shape index (κ1) is 14.5. The molecule has 0 aromatic rings. The molecule has 0 radical (unpaired) electrons. The fourth-order valence-corrected chi connectivity index (χ4v) is 2.40. The molecular formula is C13H26N2O2. The number of carbonyl (C=O) groups is 1. The lowest BCUT2D eigenvalue weighted by molar-refractivity contribution is -0.127. The van der Waals surface area contributed by atoms with Gasteiger partial charge >= 0.3 is 0 Å². The lowest BCUT2D eigenvalue weighted by Crippen LogP contribution is -2.46. The number of rotatable bonds is 5. The van der Waals surface area contributed by atoms with Crippen LogP contribution in [-0.4, -0.2) is 31.2 Å². The molecular weight excluding hydrogens is 216 g/mol. The SMILES string of the molecule is COC(C)(C)CC(=O)NC1CCCCC1CN. The molecule has 0 spiro atoms. The highest BCUT2D eigenvalue weighted by molar-refractivity contribution is 5.77. The summed E-state index contributed by atoms with van der Waals surface area (Å²) < 4.78 is 5.27.